The van der Waals surface area contributed by atoms with Crippen LogP contribution in [0.1, 0.15) is 50.3 Å². The summed E-state index contributed by atoms with van der Waals surface area (Å²) >= 11 is 0. The molecule has 2 atom stereocenters. The van der Waals surface area contributed by atoms with Gasteiger partial charge in [-0.25, -0.2) is 13.5 Å². The van der Waals surface area contributed by atoms with Crippen molar-refractivity contribution >= 4 is 23.3 Å². The quantitative estimate of drug-likeness (QED) is 0.552. The zero-order valence-corrected chi connectivity index (χ0v) is 19.8. The van der Waals surface area contributed by atoms with E-state index in [0.29, 0.717) is 37.6 Å². The Bertz CT molecular complexity index is 1240. The lowest BCUT2D eigenvalue weighted by molar-refractivity contribution is 0.0303. The highest BCUT2D eigenvalue weighted by atomic mass is 19.3. The molecule has 1 aromatic heterocycles. The molecule has 3 heterocycles. The van der Waals surface area contributed by atoms with Crippen LogP contribution in [0.5, 0.6) is 0 Å². The third-order valence-corrected chi connectivity index (χ3v) is 6.60. The molecule has 0 saturated carbocycles. The summed E-state index contributed by atoms with van der Waals surface area (Å²) in [6, 6.07) is 12.7. The van der Waals surface area contributed by atoms with Gasteiger partial charge in [0.2, 0.25) is 0 Å². The highest BCUT2D eigenvalue weighted by Gasteiger charge is 2.36. The molecule has 36 heavy (non-hydrogen) atoms. The first-order valence-corrected chi connectivity index (χ1v) is 11.9. The van der Waals surface area contributed by atoms with Crippen molar-refractivity contribution in [3.63, 3.8) is 0 Å². The summed E-state index contributed by atoms with van der Waals surface area (Å²) in [6.45, 7) is 4.07. The fraction of sp³-hybridized carbons (Fsp3) is 0.346. The van der Waals surface area contributed by atoms with Gasteiger partial charge in [-0.2, -0.15) is 5.10 Å². The lowest BCUT2D eigenvalue weighted by atomic mass is 9.96. The van der Waals surface area contributed by atoms with Crippen molar-refractivity contribution in [3.8, 4) is 0 Å². The fourth-order valence-electron chi connectivity index (χ4n) is 4.56. The third kappa shape index (κ3) is 4.81. The van der Waals surface area contributed by atoms with Crippen molar-refractivity contribution in [1.82, 2.24) is 14.7 Å². The van der Waals surface area contributed by atoms with Crippen LogP contribution in [-0.4, -0.2) is 59.2 Å². The number of benzene rings is 2. The average Bonchev–Trinajstić information content (AvgIpc) is 3.33. The molecular formula is C26H27F2N5O3. The Morgan fingerprint density at radius 1 is 1.08 bits per heavy atom. The number of aromatic nitrogens is 2. The SMILES string of the molecule is Cc1ccc([C@H]2C[C@H](C(F)F)n3ncc(C(=O)Nc4ccc(C(=O)N5CCOCC5)cc4)c3N2)cc1. The van der Waals surface area contributed by atoms with Gasteiger partial charge in [0.1, 0.15) is 17.4 Å². The number of ether oxygens (including phenoxy) is 1. The second-order valence-electron chi connectivity index (χ2n) is 9.03. The Labute approximate surface area is 207 Å². The van der Waals surface area contributed by atoms with E-state index >= 15 is 0 Å². The predicted molar refractivity (Wildman–Crippen MR) is 131 cm³/mol. The minimum absolute atomic E-state index is 0.0914. The Morgan fingerprint density at radius 3 is 2.44 bits per heavy atom. The van der Waals surface area contributed by atoms with Gasteiger partial charge in [-0.05, 0) is 43.2 Å². The van der Waals surface area contributed by atoms with Crippen molar-refractivity contribution in [2.24, 2.45) is 0 Å². The van der Waals surface area contributed by atoms with Crippen molar-refractivity contribution < 1.29 is 23.1 Å². The molecular weight excluding hydrogens is 468 g/mol. The van der Waals surface area contributed by atoms with E-state index in [-0.39, 0.29) is 29.8 Å². The molecule has 2 aliphatic heterocycles. The van der Waals surface area contributed by atoms with E-state index in [2.05, 4.69) is 15.7 Å². The van der Waals surface area contributed by atoms with Crippen LogP contribution in [0.3, 0.4) is 0 Å². The topological polar surface area (TPSA) is 88.5 Å². The van der Waals surface area contributed by atoms with Crippen LogP contribution in [0.25, 0.3) is 0 Å². The van der Waals surface area contributed by atoms with Crippen LogP contribution in [0.2, 0.25) is 0 Å². The summed E-state index contributed by atoms with van der Waals surface area (Å²) in [4.78, 5) is 27.5. The number of hydrogen-bond acceptors (Lipinski definition) is 5. The summed E-state index contributed by atoms with van der Waals surface area (Å²) in [7, 11) is 0. The maximum atomic E-state index is 13.9. The summed E-state index contributed by atoms with van der Waals surface area (Å²) in [5.74, 6) is -0.311. The zero-order valence-electron chi connectivity index (χ0n) is 19.8. The van der Waals surface area contributed by atoms with Crippen molar-refractivity contribution in [3.05, 3.63) is 77.0 Å². The van der Waals surface area contributed by atoms with Gasteiger partial charge < -0.3 is 20.3 Å². The Balaban J connectivity index is 1.33. The Morgan fingerprint density at radius 2 is 1.78 bits per heavy atom. The standard InChI is InChI=1S/C26H27F2N5O3/c1-16-2-4-17(5-3-16)21-14-22(23(27)28)33-24(31-21)20(15-29-33)25(34)30-19-8-6-18(7-9-19)26(35)32-10-12-36-13-11-32/h2-9,15,21-23,31H,10-14H2,1H3,(H,30,34)/t21-,22-/m1/s1. The van der Waals surface area contributed by atoms with E-state index in [4.69, 9.17) is 4.74 Å². The van der Waals surface area contributed by atoms with E-state index in [1.54, 1.807) is 29.2 Å². The molecule has 2 amide bonds. The molecule has 0 spiro atoms. The minimum atomic E-state index is -2.63. The minimum Gasteiger partial charge on any atom is -0.378 e. The number of alkyl halides is 2. The van der Waals surface area contributed by atoms with Gasteiger partial charge in [-0.15, -0.1) is 0 Å². The number of hydrogen-bond donors (Lipinski definition) is 2. The van der Waals surface area contributed by atoms with E-state index in [9.17, 15) is 18.4 Å². The number of nitrogens with one attached hydrogen (secondary N) is 2. The number of amides is 2. The molecule has 1 fully saturated rings. The summed E-state index contributed by atoms with van der Waals surface area (Å²) in [5.41, 5.74) is 3.11. The molecule has 5 rings (SSSR count). The first-order chi connectivity index (χ1) is 17.4. The van der Waals surface area contributed by atoms with Crippen LogP contribution in [-0.2, 0) is 4.74 Å². The number of carbonyl (C=O) groups excluding carboxylic acids is 2. The maximum absolute atomic E-state index is 13.9. The Kier molecular flexibility index (Phi) is 6.69. The summed E-state index contributed by atoms with van der Waals surface area (Å²) in [5, 5.41) is 10.1. The number of halogens is 2. The number of nitrogens with zero attached hydrogens (tertiary/aromatic N) is 3. The number of fused-ring (bicyclic) bond motifs is 1. The van der Waals surface area contributed by atoms with Crippen LogP contribution >= 0.6 is 0 Å². The molecule has 2 N–H and O–H groups in total. The monoisotopic (exact) mass is 495 g/mol. The van der Waals surface area contributed by atoms with Gasteiger partial charge in [0.05, 0.1) is 25.5 Å². The lowest BCUT2D eigenvalue weighted by Crippen LogP contribution is -2.40. The predicted octanol–water partition coefficient (Wildman–Crippen LogP) is 4.28. The maximum Gasteiger partial charge on any atom is 0.261 e. The average molecular weight is 496 g/mol. The molecule has 0 bridgehead atoms. The zero-order chi connectivity index (χ0) is 25.2. The van der Waals surface area contributed by atoms with Gasteiger partial charge >= 0.3 is 0 Å². The molecule has 188 valence electrons. The number of carbonyl (C=O) groups is 2. The molecule has 1 saturated heterocycles. The normalized spacial score (nSPS) is 19.5. The highest BCUT2D eigenvalue weighted by Crippen LogP contribution is 2.39. The number of anilines is 2. The van der Waals surface area contributed by atoms with E-state index in [1.165, 1.54) is 10.9 Å². The largest absolute Gasteiger partial charge is 0.378 e. The second kappa shape index (κ2) is 10.1. The molecule has 0 unspecified atom stereocenters. The van der Waals surface area contributed by atoms with Gasteiger partial charge in [0.25, 0.3) is 18.2 Å². The first-order valence-electron chi connectivity index (χ1n) is 11.9. The van der Waals surface area contributed by atoms with Crippen LogP contribution in [0.4, 0.5) is 20.3 Å². The van der Waals surface area contributed by atoms with Crippen LogP contribution < -0.4 is 10.6 Å². The smallest absolute Gasteiger partial charge is 0.261 e. The number of rotatable bonds is 5. The number of aryl methyl sites for hydroxylation is 1. The van der Waals surface area contributed by atoms with Gasteiger partial charge in [-0.1, -0.05) is 29.8 Å². The van der Waals surface area contributed by atoms with Crippen LogP contribution in [0, 0.1) is 6.92 Å². The summed E-state index contributed by atoms with van der Waals surface area (Å²) < 4.78 is 34.3. The molecule has 2 aromatic carbocycles. The Hall–Kier alpha value is -3.79. The fourth-order valence-corrected chi connectivity index (χ4v) is 4.56. The van der Waals surface area contributed by atoms with Gasteiger partial charge in [0, 0.05) is 24.3 Å². The molecule has 3 aromatic rings. The molecule has 10 heteroatoms. The van der Waals surface area contributed by atoms with E-state index in [0.717, 1.165) is 11.1 Å². The lowest BCUT2D eigenvalue weighted by Gasteiger charge is -2.32. The molecule has 2 aliphatic rings. The molecule has 0 aliphatic carbocycles. The van der Waals surface area contributed by atoms with Crippen LogP contribution in [0.15, 0.2) is 54.7 Å². The van der Waals surface area contributed by atoms with Gasteiger partial charge in [0.15, 0.2) is 0 Å². The van der Waals surface area contributed by atoms with E-state index < -0.39 is 18.4 Å². The third-order valence-electron chi connectivity index (χ3n) is 6.60. The van der Waals surface area contributed by atoms with Gasteiger partial charge in [-0.3, -0.25) is 9.59 Å². The number of morpholine rings is 1. The second-order valence-corrected chi connectivity index (χ2v) is 9.03. The molecule has 8 nitrogen and oxygen atoms in total. The highest BCUT2D eigenvalue weighted by molar-refractivity contribution is 6.07. The van der Waals surface area contributed by atoms with Crippen molar-refractivity contribution in [2.45, 2.75) is 31.9 Å². The molecule has 0 radical (unpaired) electrons. The van der Waals surface area contributed by atoms with Crippen molar-refractivity contribution in [1.29, 1.82) is 0 Å². The summed E-state index contributed by atoms with van der Waals surface area (Å²) in [6.07, 6.45) is -1.18. The first kappa shape index (κ1) is 23.9. The van der Waals surface area contributed by atoms with Crippen molar-refractivity contribution in [2.75, 3.05) is 36.9 Å². The van der Waals surface area contributed by atoms with E-state index in [1.807, 2.05) is 31.2 Å².